The molecular formula is C19H26N2O2. The summed E-state index contributed by atoms with van der Waals surface area (Å²) in [5.74, 6) is -0.204. The van der Waals surface area contributed by atoms with Gasteiger partial charge in [-0.25, -0.2) is 0 Å². The van der Waals surface area contributed by atoms with Crippen LogP contribution in [0.3, 0.4) is 0 Å². The van der Waals surface area contributed by atoms with Gasteiger partial charge in [0.05, 0.1) is 0 Å². The van der Waals surface area contributed by atoms with Gasteiger partial charge in [-0.3, -0.25) is 14.5 Å². The highest BCUT2D eigenvalue weighted by Gasteiger charge is 2.58. The molecule has 1 fully saturated rings. The number of benzene rings is 1. The summed E-state index contributed by atoms with van der Waals surface area (Å²) in [6.07, 6.45) is 1.81. The fourth-order valence-corrected chi connectivity index (χ4v) is 3.54. The molecule has 2 amide bonds. The van der Waals surface area contributed by atoms with Gasteiger partial charge < -0.3 is 4.90 Å². The minimum absolute atomic E-state index is 0.0702. The van der Waals surface area contributed by atoms with Crippen LogP contribution in [0.1, 0.15) is 44.5 Å². The molecule has 0 aromatic heterocycles. The van der Waals surface area contributed by atoms with Gasteiger partial charge >= 0.3 is 0 Å². The predicted molar refractivity (Wildman–Crippen MR) is 91.8 cm³/mol. The smallest absolute Gasteiger partial charge is 0.256 e. The van der Waals surface area contributed by atoms with E-state index in [1.807, 2.05) is 45.9 Å². The number of rotatable bonds is 3. The van der Waals surface area contributed by atoms with E-state index in [9.17, 15) is 9.59 Å². The van der Waals surface area contributed by atoms with Crippen LogP contribution in [0.25, 0.3) is 0 Å². The molecule has 4 heteroatoms. The Bertz CT molecular complexity index is 618. The quantitative estimate of drug-likeness (QED) is 0.803. The predicted octanol–water partition coefficient (Wildman–Crippen LogP) is 3.31. The van der Waals surface area contributed by atoms with Crippen molar-refractivity contribution in [2.24, 2.45) is 5.41 Å². The first-order chi connectivity index (χ1) is 10.7. The van der Waals surface area contributed by atoms with Gasteiger partial charge in [-0.2, -0.15) is 0 Å². The van der Waals surface area contributed by atoms with Crippen LogP contribution in [0, 0.1) is 5.41 Å². The van der Waals surface area contributed by atoms with E-state index in [1.165, 1.54) is 0 Å². The van der Waals surface area contributed by atoms with E-state index in [-0.39, 0.29) is 23.4 Å². The molecule has 124 valence electrons. The van der Waals surface area contributed by atoms with Gasteiger partial charge in [-0.05, 0) is 18.6 Å². The molecule has 23 heavy (non-hydrogen) atoms. The fraction of sp³-hybridized carbons (Fsp3) is 0.474. The molecule has 0 N–H and O–H groups in total. The summed E-state index contributed by atoms with van der Waals surface area (Å²) in [6.45, 7) is 11.9. The van der Waals surface area contributed by atoms with Crippen molar-refractivity contribution in [3.05, 3.63) is 48.6 Å². The Morgan fingerprint density at radius 2 is 1.87 bits per heavy atom. The van der Waals surface area contributed by atoms with E-state index in [0.717, 1.165) is 0 Å². The van der Waals surface area contributed by atoms with Crippen LogP contribution in [-0.2, 0) is 4.79 Å². The molecule has 1 aliphatic heterocycles. The maximum atomic E-state index is 13.2. The summed E-state index contributed by atoms with van der Waals surface area (Å²) >= 11 is 0. The zero-order valence-corrected chi connectivity index (χ0v) is 14.7. The van der Waals surface area contributed by atoms with Crippen molar-refractivity contribution in [2.75, 3.05) is 7.05 Å². The van der Waals surface area contributed by atoms with Crippen molar-refractivity contribution in [3.8, 4) is 0 Å². The molecule has 4 nitrogen and oxygen atoms in total. The van der Waals surface area contributed by atoms with Crippen molar-refractivity contribution in [2.45, 2.75) is 45.8 Å². The third-order valence-corrected chi connectivity index (χ3v) is 4.62. The normalized spacial score (nSPS) is 24.9. The second kappa shape index (κ2) is 5.84. The Balaban J connectivity index is 2.63. The van der Waals surface area contributed by atoms with E-state index >= 15 is 0 Å². The number of carbonyl (C=O) groups is 2. The summed E-state index contributed by atoms with van der Waals surface area (Å²) < 4.78 is 0. The van der Waals surface area contributed by atoms with Crippen LogP contribution in [0.5, 0.6) is 0 Å². The molecule has 0 aliphatic carbocycles. The van der Waals surface area contributed by atoms with Gasteiger partial charge in [0.2, 0.25) is 0 Å². The average Bonchev–Trinajstić information content (AvgIpc) is 2.76. The molecule has 2 unspecified atom stereocenters. The maximum Gasteiger partial charge on any atom is 0.256 e. The lowest BCUT2D eigenvalue weighted by molar-refractivity contribution is -0.131. The van der Waals surface area contributed by atoms with Crippen molar-refractivity contribution in [1.82, 2.24) is 9.80 Å². The first-order valence-electron chi connectivity index (χ1n) is 8.00. The summed E-state index contributed by atoms with van der Waals surface area (Å²) in [6, 6.07) is 9.12. The Kier molecular flexibility index (Phi) is 4.38. The molecule has 0 radical (unpaired) electrons. The molecular weight excluding hydrogens is 288 g/mol. The fourth-order valence-electron chi connectivity index (χ4n) is 3.54. The summed E-state index contributed by atoms with van der Waals surface area (Å²) in [4.78, 5) is 29.6. The number of likely N-dealkylation sites (N-methyl/N-ethyl adjacent to an activating group) is 1. The minimum Gasteiger partial charge on any atom is -0.322 e. The number of amides is 2. The lowest BCUT2D eigenvalue weighted by atomic mass is 9.88. The van der Waals surface area contributed by atoms with Gasteiger partial charge in [0.25, 0.3) is 11.8 Å². The first-order valence-corrected chi connectivity index (χ1v) is 8.00. The molecule has 0 saturated carbocycles. The molecule has 1 aromatic rings. The van der Waals surface area contributed by atoms with E-state index < -0.39 is 5.54 Å². The topological polar surface area (TPSA) is 40.6 Å². The standard InChI is InChI=1S/C19H26N2O2/c1-7-19(8-2)17(23)20(6)16(18(3,4)5)21(19)15(22)14-12-10-9-11-13-14/h7,9-13,16H,1,8H2,2-6H3. The van der Waals surface area contributed by atoms with Crippen LogP contribution in [-0.4, -0.2) is 40.4 Å². The highest BCUT2D eigenvalue weighted by Crippen LogP contribution is 2.42. The van der Waals surface area contributed by atoms with Crippen molar-refractivity contribution in [1.29, 1.82) is 0 Å². The van der Waals surface area contributed by atoms with Crippen molar-refractivity contribution >= 4 is 11.8 Å². The molecule has 2 atom stereocenters. The van der Waals surface area contributed by atoms with Gasteiger partial charge in [0.15, 0.2) is 0 Å². The highest BCUT2D eigenvalue weighted by molar-refractivity contribution is 6.02. The lowest BCUT2D eigenvalue weighted by Crippen LogP contribution is -2.55. The zero-order valence-electron chi connectivity index (χ0n) is 14.7. The second-order valence-corrected chi connectivity index (χ2v) is 7.18. The van der Waals surface area contributed by atoms with E-state index in [0.29, 0.717) is 12.0 Å². The average molecular weight is 314 g/mol. The summed E-state index contributed by atoms with van der Waals surface area (Å²) in [7, 11) is 1.77. The molecule has 1 aliphatic rings. The van der Waals surface area contributed by atoms with Gasteiger partial charge in [-0.1, -0.05) is 52.0 Å². The largest absolute Gasteiger partial charge is 0.322 e. The summed E-state index contributed by atoms with van der Waals surface area (Å²) in [5, 5.41) is 0. The number of hydrogen-bond acceptors (Lipinski definition) is 2. The van der Waals surface area contributed by atoms with Crippen LogP contribution < -0.4 is 0 Å². The number of nitrogens with zero attached hydrogens (tertiary/aromatic N) is 2. The summed E-state index contributed by atoms with van der Waals surface area (Å²) in [5.41, 5.74) is -0.668. The van der Waals surface area contributed by atoms with E-state index in [2.05, 4.69) is 6.58 Å². The molecule has 1 aromatic carbocycles. The molecule has 0 bridgehead atoms. The van der Waals surface area contributed by atoms with E-state index in [1.54, 1.807) is 35.1 Å². The van der Waals surface area contributed by atoms with Crippen molar-refractivity contribution in [3.63, 3.8) is 0 Å². The number of carbonyl (C=O) groups excluding carboxylic acids is 2. The molecule has 1 saturated heterocycles. The molecule has 1 heterocycles. The monoisotopic (exact) mass is 314 g/mol. The Labute approximate surface area is 138 Å². The molecule has 2 rings (SSSR count). The van der Waals surface area contributed by atoms with Gasteiger partial charge in [-0.15, -0.1) is 6.58 Å². The van der Waals surface area contributed by atoms with Gasteiger partial charge in [0.1, 0.15) is 11.7 Å². The Hall–Kier alpha value is -2.10. The Morgan fingerprint density at radius 1 is 1.30 bits per heavy atom. The first kappa shape index (κ1) is 17.3. The minimum atomic E-state index is -0.986. The van der Waals surface area contributed by atoms with E-state index in [4.69, 9.17) is 0 Å². The highest BCUT2D eigenvalue weighted by atomic mass is 16.2. The lowest BCUT2D eigenvalue weighted by Gasteiger charge is -2.41. The molecule has 0 spiro atoms. The van der Waals surface area contributed by atoms with Crippen LogP contribution in [0.2, 0.25) is 0 Å². The van der Waals surface area contributed by atoms with Crippen molar-refractivity contribution < 1.29 is 9.59 Å². The van der Waals surface area contributed by atoms with Crippen LogP contribution in [0.4, 0.5) is 0 Å². The maximum absolute atomic E-state index is 13.2. The Morgan fingerprint density at radius 3 is 2.30 bits per heavy atom. The van der Waals surface area contributed by atoms with Crippen LogP contribution in [0.15, 0.2) is 43.0 Å². The van der Waals surface area contributed by atoms with Gasteiger partial charge in [0, 0.05) is 18.0 Å². The third kappa shape index (κ3) is 2.56. The second-order valence-electron chi connectivity index (χ2n) is 7.18. The number of hydrogen-bond donors (Lipinski definition) is 0. The van der Waals surface area contributed by atoms with Crippen LogP contribution >= 0.6 is 0 Å². The third-order valence-electron chi connectivity index (χ3n) is 4.62. The SMILES string of the molecule is C=CC1(CC)C(=O)N(C)C(C(C)(C)C)N1C(=O)c1ccccc1. The zero-order chi connectivity index (χ0) is 17.4.